The monoisotopic (exact) mass is 499 g/mol. The molecule has 0 unspecified atom stereocenters. The zero-order chi connectivity index (χ0) is 23.0. The van der Waals surface area contributed by atoms with Gasteiger partial charge in [0.2, 0.25) is 10.0 Å². The number of aryl methyl sites for hydroxylation is 1. The van der Waals surface area contributed by atoms with Crippen LogP contribution in [0.5, 0.6) is 0 Å². The number of ether oxygens (including phenoxy) is 1. The summed E-state index contributed by atoms with van der Waals surface area (Å²) in [4.78, 5) is 41.2. The van der Waals surface area contributed by atoms with E-state index in [9.17, 15) is 22.8 Å². The van der Waals surface area contributed by atoms with Crippen LogP contribution in [0.3, 0.4) is 0 Å². The molecule has 32 heavy (non-hydrogen) atoms. The number of carbonyl (C=O) groups excluding carboxylic acids is 1. The van der Waals surface area contributed by atoms with E-state index in [4.69, 9.17) is 4.74 Å². The van der Waals surface area contributed by atoms with E-state index in [1.807, 2.05) is 0 Å². The Morgan fingerprint density at radius 3 is 2.62 bits per heavy atom. The van der Waals surface area contributed by atoms with Crippen molar-refractivity contribution in [1.82, 2.24) is 23.0 Å². The minimum Gasteiger partial charge on any atom is -0.460 e. The van der Waals surface area contributed by atoms with Crippen LogP contribution in [0.4, 0.5) is 0 Å². The molecule has 11 nitrogen and oxygen atoms in total. The van der Waals surface area contributed by atoms with Gasteiger partial charge in [-0.1, -0.05) is 0 Å². The summed E-state index contributed by atoms with van der Waals surface area (Å²) in [5.41, 5.74) is -0.542. The quantitative estimate of drug-likeness (QED) is 0.437. The van der Waals surface area contributed by atoms with Gasteiger partial charge >= 0.3 is 11.7 Å². The third kappa shape index (κ3) is 3.91. The molecule has 0 aromatic carbocycles. The van der Waals surface area contributed by atoms with Gasteiger partial charge in [-0.15, -0.1) is 11.3 Å². The highest BCUT2D eigenvalue weighted by atomic mass is 32.2. The number of hydrogen-bond donors (Lipinski definition) is 0. The molecule has 0 radical (unpaired) electrons. The molecule has 0 spiro atoms. The number of sulfonamides is 1. The molecule has 0 aliphatic carbocycles. The zero-order valence-electron chi connectivity index (χ0n) is 17.4. The Hall–Kier alpha value is -2.42. The molecule has 0 amide bonds. The lowest BCUT2D eigenvalue weighted by molar-refractivity contribution is 0.0494. The largest absolute Gasteiger partial charge is 0.460 e. The molecule has 3 aromatic heterocycles. The van der Waals surface area contributed by atoms with Crippen molar-refractivity contribution in [1.29, 1.82) is 0 Å². The molecule has 4 rings (SSSR count). The van der Waals surface area contributed by atoms with Crippen LogP contribution >= 0.6 is 23.1 Å². The van der Waals surface area contributed by atoms with Crippen LogP contribution in [0.15, 0.2) is 32.3 Å². The molecule has 172 valence electrons. The summed E-state index contributed by atoms with van der Waals surface area (Å²) in [6.45, 7) is 0.825. The first-order chi connectivity index (χ1) is 15.2. The molecule has 1 fully saturated rings. The smallest absolute Gasteiger partial charge is 0.349 e. The topological polar surface area (TPSA) is 125 Å². The van der Waals surface area contributed by atoms with E-state index in [0.29, 0.717) is 24.6 Å². The Balaban J connectivity index is 1.50. The van der Waals surface area contributed by atoms with Gasteiger partial charge in [0.05, 0.1) is 12.9 Å². The number of carbonyl (C=O) groups is 1. The molecule has 0 bridgehead atoms. The Kier molecular flexibility index (Phi) is 6.29. The standard InChI is InChI=1S/C18H21N5O6S3/c1-20-15-13(16(24)21(2)18(20)26)22(11-19-15)4-7-29-17(25)14-12(3-8-31-14)32(27,28)23-5-9-30-10-6-23/h3,8,11H,4-7,9-10H2,1-2H3. The van der Waals surface area contributed by atoms with Crippen molar-refractivity contribution in [3.8, 4) is 0 Å². The highest BCUT2D eigenvalue weighted by Gasteiger charge is 2.31. The number of fused-ring (bicyclic) bond motifs is 1. The summed E-state index contributed by atoms with van der Waals surface area (Å²) in [5, 5.41) is 1.55. The predicted molar refractivity (Wildman–Crippen MR) is 121 cm³/mol. The van der Waals surface area contributed by atoms with Gasteiger partial charge in [0, 0.05) is 38.7 Å². The fourth-order valence-electron chi connectivity index (χ4n) is 3.44. The van der Waals surface area contributed by atoms with Crippen LogP contribution in [0.1, 0.15) is 9.67 Å². The van der Waals surface area contributed by atoms with Crippen LogP contribution in [0, 0.1) is 0 Å². The second-order valence-electron chi connectivity index (χ2n) is 7.08. The lowest BCUT2D eigenvalue weighted by Gasteiger charge is -2.25. The summed E-state index contributed by atoms with van der Waals surface area (Å²) in [7, 11) is -0.881. The van der Waals surface area contributed by atoms with Crippen LogP contribution in [-0.4, -0.2) is 68.6 Å². The van der Waals surface area contributed by atoms with Gasteiger partial charge in [-0.3, -0.25) is 13.9 Å². The van der Waals surface area contributed by atoms with Crippen LogP contribution in [0.2, 0.25) is 0 Å². The number of thiophene rings is 1. The van der Waals surface area contributed by atoms with Crippen LogP contribution in [0.25, 0.3) is 11.2 Å². The van der Waals surface area contributed by atoms with E-state index in [1.165, 1.54) is 39.9 Å². The van der Waals surface area contributed by atoms with Crippen molar-refractivity contribution >= 4 is 50.3 Å². The SMILES string of the molecule is Cn1c(=O)c2c(ncn2CCOC(=O)c2sccc2S(=O)(=O)N2CCSCC2)n(C)c1=O. The van der Waals surface area contributed by atoms with Gasteiger partial charge in [-0.25, -0.2) is 23.0 Å². The molecule has 0 N–H and O–H groups in total. The van der Waals surface area contributed by atoms with E-state index < -0.39 is 27.2 Å². The fourth-order valence-corrected chi connectivity index (χ4v) is 7.30. The van der Waals surface area contributed by atoms with Gasteiger partial charge in [-0.05, 0) is 11.4 Å². The zero-order valence-corrected chi connectivity index (χ0v) is 19.8. The Bertz CT molecular complexity index is 1390. The summed E-state index contributed by atoms with van der Waals surface area (Å²) < 4.78 is 36.3. The molecule has 0 saturated carbocycles. The first-order valence-electron chi connectivity index (χ1n) is 9.67. The first kappa shape index (κ1) is 22.8. The summed E-state index contributed by atoms with van der Waals surface area (Å²) in [5.74, 6) is 0.690. The summed E-state index contributed by atoms with van der Waals surface area (Å²) in [6, 6.07) is 1.42. The number of thioether (sulfide) groups is 1. The van der Waals surface area contributed by atoms with E-state index in [1.54, 1.807) is 17.1 Å². The summed E-state index contributed by atoms with van der Waals surface area (Å²) >= 11 is 2.70. The number of hydrogen-bond acceptors (Lipinski definition) is 9. The van der Waals surface area contributed by atoms with Crippen LogP contribution < -0.4 is 11.2 Å². The van der Waals surface area contributed by atoms with Crippen molar-refractivity contribution < 1.29 is 17.9 Å². The normalized spacial score (nSPS) is 15.3. The fraction of sp³-hybridized carbons (Fsp3) is 0.444. The number of aromatic nitrogens is 4. The molecule has 4 heterocycles. The Morgan fingerprint density at radius 2 is 1.91 bits per heavy atom. The van der Waals surface area contributed by atoms with Crippen molar-refractivity contribution in [3.63, 3.8) is 0 Å². The van der Waals surface area contributed by atoms with Gasteiger partial charge in [0.25, 0.3) is 5.56 Å². The van der Waals surface area contributed by atoms with Gasteiger partial charge in [-0.2, -0.15) is 16.1 Å². The minimum absolute atomic E-state index is 0.0250. The van der Waals surface area contributed by atoms with Crippen molar-refractivity contribution in [2.24, 2.45) is 14.1 Å². The third-order valence-corrected chi connectivity index (χ3v) is 9.09. The first-order valence-corrected chi connectivity index (χ1v) is 13.1. The Morgan fingerprint density at radius 1 is 1.19 bits per heavy atom. The molecule has 1 aliphatic rings. The van der Waals surface area contributed by atoms with Gasteiger partial charge < -0.3 is 9.30 Å². The highest BCUT2D eigenvalue weighted by Crippen LogP contribution is 2.27. The van der Waals surface area contributed by atoms with Crippen molar-refractivity contribution in [2.75, 3.05) is 31.2 Å². The van der Waals surface area contributed by atoms with E-state index in [2.05, 4.69) is 4.98 Å². The molecule has 1 saturated heterocycles. The second kappa shape index (κ2) is 8.84. The molecule has 1 aliphatic heterocycles. The lowest BCUT2D eigenvalue weighted by Crippen LogP contribution is -2.38. The highest BCUT2D eigenvalue weighted by molar-refractivity contribution is 7.99. The lowest BCUT2D eigenvalue weighted by atomic mass is 10.4. The van der Waals surface area contributed by atoms with E-state index in [0.717, 1.165) is 15.9 Å². The van der Waals surface area contributed by atoms with E-state index in [-0.39, 0.29) is 34.1 Å². The van der Waals surface area contributed by atoms with Crippen molar-refractivity contribution in [2.45, 2.75) is 11.4 Å². The third-order valence-electron chi connectivity index (χ3n) is 5.18. The van der Waals surface area contributed by atoms with Gasteiger partial charge in [0.15, 0.2) is 11.2 Å². The predicted octanol–water partition coefficient (Wildman–Crippen LogP) is 0.0897. The second-order valence-corrected chi connectivity index (χ2v) is 11.1. The van der Waals surface area contributed by atoms with Crippen molar-refractivity contribution in [3.05, 3.63) is 43.5 Å². The maximum Gasteiger partial charge on any atom is 0.349 e. The molecular weight excluding hydrogens is 478 g/mol. The number of nitrogens with zero attached hydrogens (tertiary/aromatic N) is 5. The molecule has 14 heteroatoms. The maximum absolute atomic E-state index is 12.9. The Labute approximate surface area is 191 Å². The number of imidazole rings is 1. The number of esters is 1. The minimum atomic E-state index is -3.77. The summed E-state index contributed by atoms with van der Waals surface area (Å²) in [6.07, 6.45) is 1.40. The van der Waals surface area contributed by atoms with E-state index >= 15 is 0 Å². The van der Waals surface area contributed by atoms with Gasteiger partial charge in [0.1, 0.15) is 16.4 Å². The maximum atomic E-state index is 12.9. The number of rotatable bonds is 6. The average molecular weight is 500 g/mol. The molecule has 3 aromatic rings. The molecule has 0 atom stereocenters. The average Bonchev–Trinajstić information content (AvgIpc) is 3.45. The van der Waals surface area contributed by atoms with Crippen LogP contribution in [-0.2, 0) is 35.4 Å². The molecular formula is C18H21N5O6S3.